The maximum absolute atomic E-state index is 12.1. The Hall–Kier alpha value is -2.49. The summed E-state index contributed by atoms with van der Waals surface area (Å²) < 4.78 is 7.03. The number of pyridine rings is 1. The second-order valence-electron chi connectivity index (χ2n) is 5.30. The van der Waals surface area contributed by atoms with Crippen molar-refractivity contribution in [3.05, 3.63) is 64.8 Å². The molecule has 1 N–H and O–H groups in total. The summed E-state index contributed by atoms with van der Waals surface area (Å²) in [6, 6.07) is 13.6. The Morgan fingerprint density at radius 1 is 1.24 bits per heavy atom. The van der Waals surface area contributed by atoms with Crippen LogP contribution in [-0.2, 0) is 13.5 Å². The average molecular weight is 282 g/mol. The first-order chi connectivity index (χ1) is 10.1. The minimum Gasteiger partial charge on any atom is -0.469 e. The normalized spacial score (nSPS) is 12.5. The summed E-state index contributed by atoms with van der Waals surface area (Å²) in [6.07, 6.45) is 2.45. The zero-order chi connectivity index (χ0) is 14.8. The minimum atomic E-state index is -0.0126. The summed E-state index contributed by atoms with van der Waals surface area (Å²) in [5, 5.41) is 4.46. The fourth-order valence-corrected chi connectivity index (χ4v) is 2.58. The van der Waals surface area contributed by atoms with E-state index in [4.69, 9.17) is 4.42 Å². The number of para-hydroxylation sites is 1. The van der Waals surface area contributed by atoms with Gasteiger partial charge in [-0.15, -0.1) is 0 Å². The van der Waals surface area contributed by atoms with E-state index in [-0.39, 0.29) is 11.6 Å². The van der Waals surface area contributed by atoms with Crippen LogP contribution >= 0.6 is 0 Å². The van der Waals surface area contributed by atoms with Crippen molar-refractivity contribution < 1.29 is 4.42 Å². The number of furan rings is 1. The van der Waals surface area contributed by atoms with Crippen LogP contribution in [0.5, 0.6) is 0 Å². The molecule has 1 aromatic carbocycles. The lowest BCUT2D eigenvalue weighted by molar-refractivity contribution is 0.498. The summed E-state index contributed by atoms with van der Waals surface area (Å²) in [6.45, 7) is 2.08. The van der Waals surface area contributed by atoms with Gasteiger partial charge < -0.3 is 14.3 Å². The molecule has 0 saturated heterocycles. The van der Waals surface area contributed by atoms with Crippen molar-refractivity contribution in [2.75, 3.05) is 5.32 Å². The van der Waals surface area contributed by atoms with E-state index in [1.807, 2.05) is 36.4 Å². The van der Waals surface area contributed by atoms with Crippen LogP contribution in [0, 0.1) is 0 Å². The number of anilines is 1. The minimum absolute atomic E-state index is 0.0126. The van der Waals surface area contributed by atoms with Gasteiger partial charge in [0.25, 0.3) is 5.56 Å². The first kappa shape index (κ1) is 13.5. The molecule has 21 heavy (non-hydrogen) atoms. The largest absolute Gasteiger partial charge is 0.469 e. The number of benzene rings is 1. The Kier molecular flexibility index (Phi) is 3.52. The lowest BCUT2D eigenvalue weighted by Crippen LogP contribution is -2.22. The van der Waals surface area contributed by atoms with Gasteiger partial charge in [0.15, 0.2) is 0 Å². The van der Waals surface area contributed by atoms with Gasteiger partial charge in [-0.05, 0) is 25.1 Å². The summed E-state index contributed by atoms with van der Waals surface area (Å²) in [5.41, 5.74) is 1.78. The summed E-state index contributed by atoms with van der Waals surface area (Å²) in [7, 11) is 1.79. The van der Waals surface area contributed by atoms with Gasteiger partial charge in [0.05, 0.1) is 11.8 Å². The molecule has 2 heterocycles. The summed E-state index contributed by atoms with van der Waals surface area (Å²) in [4.78, 5) is 12.1. The molecular formula is C17H18N2O2. The van der Waals surface area contributed by atoms with Crippen LogP contribution in [0.25, 0.3) is 10.9 Å². The van der Waals surface area contributed by atoms with Crippen LogP contribution in [-0.4, -0.2) is 10.6 Å². The maximum Gasteiger partial charge on any atom is 0.252 e. The van der Waals surface area contributed by atoms with Crippen LogP contribution in [0.3, 0.4) is 0 Å². The van der Waals surface area contributed by atoms with Gasteiger partial charge in [-0.2, -0.15) is 0 Å². The van der Waals surface area contributed by atoms with Crippen molar-refractivity contribution in [3.8, 4) is 0 Å². The van der Waals surface area contributed by atoms with E-state index in [2.05, 4.69) is 12.2 Å². The molecule has 0 aliphatic rings. The molecule has 0 radical (unpaired) electrons. The summed E-state index contributed by atoms with van der Waals surface area (Å²) >= 11 is 0. The number of aromatic nitrogens is 1. The van der Waals surface area contributed by atoms with E-state index in [9.17, 15) is 4.79 Å². The first-order valence-electron chi connectivity index (χ1n) is 7.03. The predicted octanol–water partition coefficient (Wildman–Crippen LogP) is 3.17. The van der Waals surface area contributed by atoms with Crippen molar-refractivity contribution >= 4 is 16.6 Å². The highest BCUT2D eigenvalue weighted by atomic mass is 16.3. The van der Waals surface area contributed by atoms with Gasteiger partial charge in [0.2, 0.25) is 0 Å². The van der Waals surface area contributed by atoms with Gasteiger partial charge >= 0.3 is 0 Å². The van der Waals surface area contributed by atoms with E-state index < -0.39 is 0 Å². The average Bonchev–Trinajstić information content (AvgIpc) is 2.97. The number of fused-ring (bicyclic) bond motifs is 1. The molecule has 4 heteroatoms. The number of hydrogen-bond acceptors (Lipinski definition) is 3. The maximum atomic E-state index is 12.1. The Morgan fingerprint density at radius 2 is 2.05 bits per heavy atom. The fraction of sp³-hybridized carbons (Fsp3) is 0.235. The highest BCUT2D eigenvalue weighted by Gasteiger charge is 2.10. The standard InChI is InChI=1S/C17H18N2O2/c1-12(10-13-6-5-9-21-13)18-15-11-17(20)19(2)16-8-4-3-7-14(15)16/h3-9,11-12,18H,10H2,1-2H3. The Balaban J connectivity index is 1.93. The quantitative estimate of drug-likeness (QED) is 0.799. The smallest absolute Gasteiger partial charge is 0.252 e. The SMILES string of the molecule is CC(Cc1ccco1)Nc1cc(=O)n(C)c2ccccc12. The Morgan fingerprint density at radius 3 is 2.81 bits per heavy atom. The summed E-state index contributed by atoms with van der Waals surface area (Å²) in [5.74, 6) is 0.933. The molecule has 0 fully saturated rings. The number of rotatable bonds is 4. The van der Waals surface area contributed by atoms with Crippen LogP contribution in [0.15, 0.2) is 57.9 Å². The predicted molar refractivity (Wildman–Crippen MR) is 84.7 cm³/mol. The lowest BCUT2D eigenvalue weighted by atomic mass is 10.1. The number of nitrogens with one attached hydrogen (secondary N) is 1. The molecule has 0 amide bonds. The third-order valence-electron chi connectivity index (χ3n) is 3.64. The third-order valence-corrected chi connectivity index (χ3v) is 3.64. The molecule has 3 aromatic rings. The molecule has 1 unspecified atom stereocenters. The third kappa shape index (κ3) is 2.70. The molecule has 0 bridgehead atoms. The highest BCUT2D eigenvalue weighted by Crippen LogP contribution is 2.22. The first-order valence-corrected chi connectivity index (χ1v) is 7.03. The molecule has 0 spiro atoms. The second-order valence-corrected chi connectivity index (χ2v) is 5.30. The highest BCUT2D eigenvalue weighted by molar-refractivity contribution is 5.91. The monoisotopic (exact) mass is 282 g/mol. The van der Waals surface area contributed by atoms with Crippen molar-refractivity contribution in [3.63, 3.8) is 0 Å². The van der Waals surface area contributed by atoms with Crippen molar-refractivity contribution in [2.24, 2.45) is 7.05 Å². The second kappa shape index (κ2) is 5.48. The van der Waals surface area contributed by atoms with Gasteiger partial charge in [-0.25, -0.2) is 0 Å². The van der Waals surface area contributed by atoms with Crippen molar-refractivity contribution in [1.29, 1.82) is 0 Å². The van der Waals surface area contributed by atoms with Gasteiger partial charge in [-0.1, -0.05) is 18.2 Å². The fourth-order valence-electron chi connectivity index (χ4n) is 2.58. The number of aryl methyl sites for hydroxylation is 1. The van der Waals surface area contributed by atoms with Gasteiger partial charge in [-0.3, -0.25) is 4.79 Å². The number of nitrogens with zero attached hydrogens (tertiary/aromatic N) is 1. The zero-order valence-corrected chi connectivity index (χ0v) is 12.2. The zero-order valence-electron chi connectivity index (χ0n) is 12.2. The van der Waals surface area contributed by atoms with Crippen molar-refractivity contribution in [2.45, 2.75) is 19.4 Å². The molecule has 0 aliphatic carbocycles. The molecular weight excluding hydrogens is 264 g/mol. The van der Waals surface area contributed by atoms with Gasteiger partial charge in [0, 0.05) is 36.7 Å². The van der Waals surface area contributed by atoms with E-state index in [1.165, 1.54) is 0 Å². The van der Waals surface area contributed by atoms with Gasteiger partial charge in [0.1, 0.15) is 5.76 Å². The van der Waals surface area contributed by atoms with E-state index in [1.54, 1.807) is 23.9 Å². The topological polar surface area (TPSA) is 47.2 Å². The van der Waals surface area contributed by atoms with E-state index in [0.717, 1.165) is 28.8 Å². The Bertz CT molecular complexity index is 803. The molecule has 2 aromatic heterocycles. The van der Waals surface area contributed by atoms with E-state index >= 15 is 0 Å². The molecule has 4 nitrogen and oxygen atoms in total. The van der Waals surface area contributed by atoms with Crippen LogP contribution in [0.4, 0.5) is 5.69 Å². The molecule has 108 valence electrons. The van der Waals surface area contributed by atoms with Crippen LogP contribution in [0.1, 0.15) is 12.7 Å². The molecule has 0 saturated carbocycles. The lowest BCUT2D eigenvalue weighted by Gasteiger charge is -2.17. The van der Waals surface area contributed by atoms with Crippen molar-refractivity contribution in [1.82, 2.24) is 4.57 Å². The molecule has 3 rings (SSSR count). The molecule has 0 aliphatic heterocycles. The molecule has 1 atom stereocenters. The van der Waals surface area contributed by atoms with E-state index in [0.29, 0.717) is 0 Å². The number of hydrogen-bond donors (Lipinski definition) is 1. The van der Waals surface area contributed by atoms with Crippen LogP contribution in [0.2, 0.25) is 0 Å². The Labute approximate surface area is 123 Å². The van der Waals surface area contributed by atoms with Crippen LogP contribution < -0.4 is 10.9 Å².